The van der Waals surface area contributed by atoms with Gasteiger partial charge in [-0.3, -0.25) is 0 Å². The van der Waals surface area contributed by atoms with Crippen LogP contribution in [0, 0.1) is 5.82 Å². The van der Waals surface area contributed by atoms with Gasteiger partial charge in [-0.05, 0) is 18.2 Å². The zero-order valence-electron chi connectivity index (χ0n) is 6.50. The summed E-state index contributed by atoms with van der Waals surface area (Å²) in [6.07, 6.45) is 3.72. The van der Waals surface area contributed by atoms with Crippen molar-refractivity contribution in [2.24, 2.45) is 0 Å². The normalized spacial score (nSPS) is 14.9. The molecule has 1 aliphatic heterocycles. The second-order valence-electron chi connectivity index (χ2n) is 2.63. The molecule has 0 amide bonds. The summed E-state index contributed by atoms with van der Waals surface area (Å²) in [5.74, 6) is -0.201. The van der Waals surface area contributed by atoms with E-state index in [0.29, 0.717) is 6.67 Å². The van der Waals surface area contributed by atoms with E-state index in [9.17, 15) is 4.39 Å². The molecule has 0 saturated heterocycles. The highest BCUT2D eigenvalue weighted by atomic mass is 19.1. The first kappa shape index (κ1) is 7.16. The van der Waals surface area contributed by atoms with E-state index >= 15 is 0 Å². The third-order valence-electron chi connectivity index (χ3n) is 1.77. The Bertz CT molecular complexity index is 309. The van der Waals surface area contributed by atoms with Gasteiger partial charge in [0.1, 0.15) is 5.82 Å². The lowest BCUT2D eigenvalue weighted by molar-refractivity contribution is 0.627. The summed E-state index contributed by atoms with van der Waals surface area (Å²) in [7, 11) is 0. The zero-order valence-corrected chi connectivity index (χ0v) is 6.50. The maximum atomic E-state index is 12.7. The van der Waals surface area contributed by atoms with E-state index in [0.717, 1.165) is 5.69 Å². The third kappa shape index (κ3) is 1.25. The first-order chi connectivity index (χ1) is 5.86. The molecule has 1 N–H and O–H groups in total. The summed E-state index contributed by atoms with van der Waals surface area (Å²) >= 11 is 0. The monoisotopic (exact) mass is 164 g/mol. The molecule has 0 saturated carbocycles. The highest BCUT2D eigenvalue weighted by molar-refractivity contribution is 5.50. The molecule has 1 aromatic rings. The van der Waals surface area contributed by atoms with Gasteiger partial charge < -0.3 is 10.2 Å². The van der Waals surface area contributed by atoms with Gasteiger partial charge in [-0.25, -0.2) is 4.39 Å². The fourth-order valence-corrected chi connectivity index (χ4v) is 1.18. The predicted octanol–water partition coefficient (Wildman–Crippen LogP) is 1.66. The van der Waals surface area contributed by atoms with E-state index in [1.54, 1.807) is 6.07 Å². The van der Waals surface area contributed by atoms with E-state index in [1.807, 2.05) is 23.4 Å². The Kier molecular flexibility index (Phi) is 1.70. The Morgan fingerprint density at radius 2 is 2.33 bits per heavy atom. The van der Waals surface area contributed by atoms with Crippen molar-refractivity contribution >= 4 is 5.69 Å². The average Bonchev–Trinajstić information content (AvgIpc) is 2.56. The number of hydrogen-bond donors (Lipinski definition) is 1. The number of nitrogens with zero attached hydrogens (tertiary/aromatic N) is 1. The maximum absolute atomic E-state index is 12.7. The predicted molar refractivity (Wildman–Crippen MR) is 46.0 cm³/mol. The van der Waals surface area contributed by atoms with Gasteiger partial charge in [0, 0.05) is 18.1 Å². The first-order valence-electron chi connectivity index (χ1n) is 3.78. The van der Waals surface area contributed by atoms with Crippen molar-refractivity contribution in [2.45, 2.75) is 0 Å². The van der Waals surface area contributed by atoms with E-state index < -0.39 is 0 Å². The topological polar surface area (TPSA) is 15.3 Å². The van der Waals surface area contributed by atoms with Gasteiger partial charge in [0.15, 0.2) is 0 Å². The summed E-state index contributed by atoms with van der Waals surface area (Å²) in [4.78, 5) is 1.93. The zero-order chi connectivity index (χ0) is 8.39. The minimum absolute atomic E-state index is 0.201. The fourth-order valence-electron chi connectivity index (χ4n) is 1.18. The standard InChI is InChI=1S/C9H9FN2/c10-8-2-1-3-9(6-8)12-5-4-11-7-12/h1-6,11H,7H2. The molecule has 0 bridgehead atoms. The molecule has 0 unspecified atom stereocenters. The van der Waals surface area contributed by atoms with Crippen molar-refractivity contribution in [1.29, 1.82) is 0 Å². The Labute approximate surface area is 70.3 Å². The lowest BCUT2D eigenvalue weighted by Gasteiger charge is -2.14. The van der Waals surface area contributed by atoms with Gasteiger partial charge in [0.05, 0.1) is 6.67 Å². The largest absolute Gasteiger partial charge is 0.372 e. The van der Waals surface area contributed by atoms with E-state index in [2.05, 4.69) is 5.32 Å². The van der Waals surface area contributed by atoms with Crippen molar-refractivity contribution in [3.63, 3.8) is 0 Å². The molecule has 0 aromatic heterocycles. The number of anilines is 1. The van der Waals surface area contributed by atoms with Gasteiger partial charge in [-0.15, -0.1) is 0 Å². The third-order valence-corrected chi connectivity index (χ3v) is 1.77. The highest BCUT2D eigenvalue weighted by Crippen LogP contribution is 2.16. The highest BCUT2D eigenvalue weighted by Gasteiger charge is 2.05. The molecule has 0 atom stereocenters. The summed E-state index contributed by atoms with van der Waals surface area (Å²) < 4.78 is 12.7. The molecule has 2 nitrogen and oxygen atoms in total. The maximum Gasteiger partial charge on any atom is 0.125 e. The molecule has 62 valence electrons. The Morgan fingerprint density at radius 3 is 3.00 bits per heavy atom. The fraction of sp³-hybridized carbons (Fsp3) is 0.111. The van der Waals surface area contributed by atoms with Gasteiger partial charge in [-0.1, -0.05) is 6.07 Å². The van der Waals surface area contributed by atoms with Crippen LogP contribution in [-0.4, -0.2) is 6.67 Å². The molecule has 12 heavy (non-hydrogen) atoms. The molecular formula is C9H9FN2. The van der Waals surface area contributed by atoms with Crippen LogP contribution in [0.5, 0.6) is 0 Å². The number of halogens is 1. The minimum Gasteiger partial charge on any atom is -0.372 e. The van der Waals surface area contributed by atoms with E-state index in [1.165, 1.54) is 12.1 Å². The second-order valence-corrected chi connectivity index (χ2v) is 2.63. The SMILES string of the molecule is Fc1cccc(N2C=CNC2)c1. The first-order valence-corrected chi connectivity index (χ1v) is 3.78. The smallest absolute Gasteiger partial charge is 0.125 e. The molecule has 2 rings (SSSR count). The van der Waals surface area contributed by atoms with E-state index in [4.69, 9.17) is 0 Å². The van der Waals surface area contributed by atoms with Crippen LogP contribution in [0.3, 0.4) is 0 Å². The van der Waals surface area contributed by atoms with Gasteiger partial charge in [0.2, 0.25) is 0 Å². The molecule has 0 aliphatic carbocycles. The number of rotatable bonds is 1. The van der Waals surface area contributed by atoms with Crippen molar-refractivity contribution in [2.75, 3.05) is 11.6 Å². The molecule has 0 fully saturated rings. The van der Waals surface area contributed by atoms with Crippen molar-refractivity contribution in [3.8, 4) is 0 Å². The molecule has 0 radical (unpaired) electrons. The molecule has 0 spiro atoms. The van der Waals surface area contributed by atoms with Crippen LogP contribution >= 0.6 is 0 Å². The molecule has 1 aromatic carbocycles. The number of nitrogens with one attached hydrogen (secondary N) is 1. The van der Waals surface area contributed by atoms with Gasteiger partial charge in [0.25, 0.3) is 0 Å². The molecule has 1 aliphatic rings. The molecular weight excluding hydrogens is 155 g/mol. The lowest BCUT2D eigenvalue weighted by Crippen LogP contribution is -2.19. The average molecular weight is 164 g/mol. The van der Waals surface area contributed by atoms with Gasteiger partial charge >= 0.3 is 0 Å². The molecule has 3 heteroatoms. The van der Waals surface area contributed by atoms with Crippen LogP contribution < -0.4 is 10.2 Å². The van der Waals surface area contributed by atoms with Crippen LogP contribution in [0.4, 0.5) is 10.1 Å². The summed E-state index contributed by atoms with van der Waals surface area (Å²) in [5.41, 5.74) is 0.872. The van der Waals surface area contributed by atoms with Crippen LogP contribution in [0.25, 0.3) is 0 Å². The van der Waals surface area contributed by atoms with Gasteiger partial charge in [-0.2, -0.15) is 0 Å². The van der Waals surface area contributed by atoms with Crippen LogP contribution in [0.1, 0.15) is 0 Å². The lowest BCUT2D eigenvalue weighted by atomic mass is 10.3. The van der Waals surface area contributed by atoms with Crippen LogP contribution in [-0.2, 0) is 0 Å². The Morgan fingerprint density at radius 1 is 1.42 bits per heavy atom. The van der Waals surface area contributed by atoms with E-state index in [-0.39, 0.29) is 5.82 Å². The van der Waals surface area contributed by atoms with Crippen LogP contribution in [0.15, 0.2) is 36.7 Å². The summed E-state index contributed by atoms with van der Waals surface area (Å²) in [6.45, 7) is 0.712. The Balaban J connectivity index is 2.27. The second kappa shape index (κ2) is 2.85. The molecule has 1 heterocycles. The summed E-state index contributed by atoms with van der Waals surface area (Å²) in [6, 6.07) is 6.53. The van der Waals surface area contributed by atoms with Crippen molar-refractivity contribution in [1.82, 2.24) is 5.32 Å². The van der Waals surface area contributed by atoms with Crippen molar-refractivity contribution < 1.29 is 4.39 Å². The van der Waals surface area contributed by atoms with Crippen LogP contribution in [0.2, 0.25) is 0 Å². The van der Waals surface area contributed by atoms with Crippen molar-refractivity contribution in [3.05, 3.63) is 42.5 Å². The number of hydrogen-bond acceptors (Lipinski definition) is 2. The minimum atomic E-state index is -0.201. The Hall–Kier alpha value is -1.51. The number of benzene rings is 1. The summed E-state index contributed by atoms with van der Waals surface area (Å²) in [5, 5.41) is 3.01. The quantitative estimate of drug-likeness (QED) is 0.679.